The van der Waals surface area contributed by atoms with Gasteiger partial charge in [0.1, 0.15) is 5.75 Å². The van der Waals surface area contributed by atoms with Gasteiger partial charge < -0.3 is 4.74 Å². The Morgan fingerprint density at radius 1 is 0.724 bits per heavy atom. The summed E-state index contributed by atoms with van der Waals surface area (Å²) < 4.78 is 6.23. The molecule has 2 amide bonds. The van der Waals surface area contributed by atoms with Crippen molar-refractivity contribution in [1.29, 1.82) is 0 Å². The summed E-state index contributed by atoms with van der Waals surface area (Å²) in [5, 5.41) is 0. The average molecular weight is 453 g/mol. The van der Waals surface area contributed by atoms with Gasteiger partial charge in [-0.15, -0.1) is 0 Å². The number of rotatable bonds is 6. The molecule has 0 aromatic heterocycles. The maximum atomic E-state index is 12.4. The van der Waals surface area contributed by atoms with Gasteiger partial charge in [-0.05, 0) is 48.5 Å². The Kier molecular flexibility index (Phi) is 6.76. The number of amides is 2. The van der Waals surface area contributed by atoms with Crippen LogP contribution >= 0.6 is 15.9 Å². The molecule has 146 valence electrons. The molecule has 0 aliphatic rings. The highest BCUT2D eigenvalue weighted by Crippen LogP contribution is 2.15. The molecule has 0 fully saturated rings. The van der Waals surface area contributed by atoms with Gasteiger partial charge in [-0.25, -0.2) is 0 Å². The molecule has 6 nitrogen and oxygen atoms in total. The fourth-order valence-electron chi connectivity index (χ4n) is 2.44. The summed E-state index contributed by atoms with van der Waals surface area (Å²) in [4.78, 5) is 36.2. The Hall–Kier alpha value is -3.45. The number of hydrogen-bond donors (Lipinski definition) is 2. The zero-order valence-corrected chi connectivity index (χ0v) is 16.8. The monoisotopic (exact) mass is 452 g/mol. The predicted octanol–water partition coefficient (Wildman–Crippen LogP) is 3.52. The number of carbonyl (C=O) groups is 3. The van der Waals surface area contributed by atoms with E-state index in [2.05, 4.69) is 26.8 Å². The lowest BCUT2D eigenvalue weighted by molar-refractivity contribution is -0.123. The van der Waals surface area contributed by atoms with Crippen LogP contribution in [0, 0.1) is 0 Å². The van der Waals surface area contributed by atoms with Crippen LogP contribution in [0.3, 0.4) is 0 Å². The molecule has 0 aliphatic carbocycles. The maximum Gasteiger partial charge on any atom is 0.276 e. The zero-order chi connectivity index (χ0) is 20.6. The second-order valence-corrected chi connectivity index (χ2v) is 6.93. The lowest BCUT2D eigenvalue weighted by Gasteiger charge is -2.09. The van der Waals surface area contributed by atoms with E-state index in [4.69, 9.17) is 4.74 Å². The van der Waals surface area contributed by atoms with Crippen molar-refractivity contribution in [2.45, 2.75) is 0 Å². The summed E-state index contributed by atoms with van der Waals surface area (Å²) >= 11 is 3.29. The summed E-state index contributed by atoms with van der Waals surface area (Å²) in [5.74, 6) is -0.607. The minimum atomic E-state index is -0.514. The highest BCUT2D eigenvalue weighted by molar-refractivity contribution is 9.10. The molecule has 3 rings (SSSR count). The van der Waals surface area contributed by atoms with Crippen LogP contribution in [0.15, 0.2) is 83.3 Å². The molecule has 29 heavy (non-hydrogen) atoms. The van der Waals surface area contributed by atoms with Crippen molar-refractivity contribution < 1.29 is 19.1 Å². The number of ether oxygens (including phenoxy) is 1. The van der Waals surface area contributed by atoms with Crippen molar-refractivity contribution in [1.82, 2.24) is 10.9 Å². The second-order valence-electron chi connectivity index (χ2n) is 6.02. The second kappa shape index (κ2) is 9.66. The van der Waals surface area contributed by atoms with Gasteiger partial charge in [-0.3, -0.25) is 25.2 Å². The first-order valence-corrected chi connectivity index (χ1v) is 9.49. The summed E-state index contributed by atoms with van der Waals surface area (Å²) in [6, 6.07) is 22.2. The lowest BCUT2D eigenvalue weighted by Crippen LogP contribution is -2.43. The van der Waals surface area contributed by atoms with Crippen LogP contribution in [-0.2, 0) is 4.79 Å². The smallest absolute Gasteiger partial charge is 0.276 e. The Balaban J connectivity index is 1.47. The van der Waals surface area contributed by atoms with E-state index in [1.165, 1.54) is 0 Å². The van der Waals surface area contributed by atoms with Gasteiger partial charge in [-0.1, -0.05) is 46.3 Å². The van der Waals surface area contributed by atoms with Crippen molar-refractivity contribution in [2.75, 3.05) is 6.61 Å². The first kappa shape index (κ1) is 20.3. The van der Waals surface area contributed by atoms with E-state index >= 15 is 0 Å². The van der Waals surface area contributed by atoms with Gasteiger partial charge in [0.2, 0.25) is 0 Å². The number of hydrazine groups is 1. The summed E-state index contributed by atoms with van der Waals surface area (Å²) in [5.41, 5.74) is 6.14. The first-order valence-electron chi connectivity index (χ1n) is 8.70. The third-order valence-corrected chi connectivity index (χ3v) is 4.47. The van der Waals surface area contributed by atoms with Gasteiger partial charge in [0, 0.05) is 21.2 Å². The van der Waals surface area contributed by atoms with E-state index in [-0.39, 0.29) is 12.4 Å². The Morgan fingerprint density at radius 2 is 1.31 bits per heavy atom. The molecule has 3 aromatic carbocycles. The standard InChI is InChI=1S/C22H17BrN2O4/c23-18-10-6-17(7-11-18)22(28)25-24-20(26)14-29-19-12-8-16(9-13-19)21(27)15-4-2-1-3-5-15/h1-13H,14H2,(H,24,26)(H,25,28). The van der Waals surface area contributed by atoms with Crippen molar-refractivity contribution in [3.05, 3.63) is 100 Å². The lowest BCUT2D eigenvalue weighted by atomic mass is 10.0. The van der Waals surface area contributed by atoms with Crippen molar-refractivity contribution in [2.24, 2.45) is 0 Å². The highest BCUT2D eigenvalue weighted by Gasteiger charge is 2.10. The number of nitrogens with one attached hydrogen (secondary N) is 2. The third-order valence-electron chi connectivity index (χ3n) is 3.94. The van der Waals surface area contributed by atoms with E-state index in [1.807, 2.05) is 6.07 Å². The minimum Gasteiger partial charge on any atom is -0.484 e. The molecule has 0 aliphatic heterocycles. The fraction of sp³-hybridized carbons (Fsp3) is 0.0455. The van der Waals surface area contributed by atoms with E-state index < -0.39 is 11.8 Å². The van der Waals surface area contributed by atoms with Gasteiger partial charge in [-0.2, -0.15) is 0 Å². The number of halogens is 1. The molecule has 3 aromatic rings. The van der Waals surface area contributed by atoms with Gasteiger partial charge in [0.25, 0.3) is 11.8 Å². The molecular weight excluding hydrogens is 436 g/mol. The Morgan fingerprint density at radius 3 is 1.97 bits per heavy atom. The highest BCUT2D eigenvalue weighted by atomic mass is 79.9. The van der Waals surface area contributed by atoms with Gasteiger partial charge in [0.05, 0.1) is 0 Å². The molecular formula is C22H17BrN2O4. The largest absolute Gasteiger partial charge is 0.484 e. The number of carbonyl (C=O) groups excluding carboxylic acids is 3. The Bertz CT molecular complexity index is 1000. The van der Waals surface area contributed by atoms with Crippen molar-refractivity contribution in [3.8, 4) is 5.75 Å². The van der Waals surface area contributed by atoms with Crippen LogP contribution in [0.1, 0.15) is 26.3 Å². The molecule has 0 saturated heterocycles. The van der Waals surface area contributed by atoms with E-state index in [0.717, 1.165) is 4.47 Å². The van der Waals surface area contributed by atoms with Crippen molar-refractivity contribution >= 4 is 33.5 Å². The summed E-state index contributed by atoms with van der Waals surface area (Å²) in [6.45, 7) is -0.285. The van der Waals surface area contributed by atoms with E-state index in [9.17, 15) is 14.4 Å². The third kappa shape index (κ3) is 5.76. The van der Waals surface area contributed by atoms with Crippen LogP contribution in [-0.4, -0.2) is 24.2 Å². The van der Waals surface area contributed by atoms with Crippen LogP contribution in [0.4, 0.5) is 0 Å². The molecule has 0 atom stereocenters. The molecule has 7 heteroatoms. The van der Waals surface area contributed by atoms with Crippen LogP contribution < -0.4 is 15.6 Å². The predicted molar refractivity (Wildman–Crippen MR) is 112 cm³/mol. The molecule has 0 spiro atoms. The normalized spacial score (nSPS) is 10.1. The quantitative estimate of drug-likeness (QED) is 0.442. The SMILES string of the molecule is O=C(COc1ccc(C(=O)c2ccccc2)cc1)NNC(=O)c1ccc(Br)cc1. The minimum absolute atomic E-state index is 0.0921. The number of ketones is 1. The molecule has 2 N–H and O–H groups in total. The summed E-state index contributed by atoms with van der Waals surface area (Å²) in [6.07, 6.45) is 0. The average Bonchev–Trinajstić information content (AvgIpc) is 2.77. The van der Waals surface area contributed by atoms with Crippen LogP contribution in [0.25, 0.3) is 0 Å². The zero-order valence-electron chi connectivity index (χ0n) is 15.2. The summed E-state index contributed by atoms with van der Waals surface area (Å²) in [7, 11) is 0. The molecule has 0 heterocycles. The fourth-order valence-corrected chi connectivity index (χ4v) is 2.71. The topological polar surface area (TPSA) is 84.5 Å². The van der Waals surface area contributed by atoms with Gasteiger partial charge in [0.15, 0.2) is 12.4 Å². The van der Waals surface area contributed by atoms with Crippen molar-refractivity contribution in [3.63, 3.8) is 0 Å². The molecule has 0 bridgehead atoms. The molecule has 0 radical (unpaired) electrons. The Labute approximate surface area is 176 Å². The number of benzene rings is 3. The van der Waals surface area contributed by atoms with Gasteiger partial charge >= 0.3 is 0 Å². The van der Waals surface area contributed by atoms with Crippen LogP contribution in [0.5, 0.6) is 5.75 Å². The molecule has 0 saturated carbocycles. The first-order chi connectivity index (χ1) is 14.0. The van der Waals surface area contributed by atoms with E-state index in [1.54, 1.807) is 72.8 Å². The maximum absolute atomic E-state index is 12.4. The molecule has 0 unspecified atom stereocenters. The van der Waals surface area contributed by atoms with E-state index in [0.29, 0.717) is 22.4 Å². The number of hydrogen-bond acceptors (Lipinski definition) is 4. The van der Waals surface area contributed by atoms with Crippen LogP contribution in [0.2, 0.25) is 0 Å².